The number of nitrogens with zero attached hydrogens (tertiary/aromatic N) is 1. The van der Waals surface area contributed by atoms with Crippen LogP contribution < -0.4 is 15.0 Å². The molecule has 0 atom stereocenters. The van der Waals surface area contributed by atoms with Gasteiger partial charge in [-0.25, -0.2) is 4.39 Å². The number of aryl methyl sites for hydroxylation is 1. The Bertz CT molecular complexity index is 760. The van der Waals surface area contributed by atoms with E-state index in [0.29, 0.717) is 17.1 Å². The van der Waals surface area contributed by atoms with Gasteiger partial charge in [-0.15, -0.1) is 0 Å². The van der Waals surface area contributed by atoms with Crippen molar-refractivity contribution in [3.05, 3.63) is 53.8 Å². The molecular formula is C19H21FN2O3. The van der Waals surface area contributed by atoms with E-state index in [1.165, 1.54) is 43.2 Å². The van der Waals surface area contributed by atoms with Crippen molar-refractivity contribution in [3.8, 4) is 5.75 Å². The van der Waals surface area contributed by atoms with Gasteiger partial charge in [0.1, 0.15) is 11.6 Å². The molecule has 2 rings (SSSR count). The highest BCUT2D eigenvalue weighted by Crippen LogP contribution is 2.29. The van der Waals surface area contributed by atoms with Gasteiger partial charge in [0, 0.05) is 25.6 Å². The Hall–Kier alpha value is -2.89. The van der Waals surface area contributed by atoms with Crippen LogP contribution in [0, 0.1) is 12.7 Å². The van der Waals surface area contributed by atoms with E-state index in [9.17, 15) is 14.0 Å². The van der Waals surface area contributed by atoms with Gasteiger partial charge in [0.15, 0.2) is 0 Å². The maximum atomic E-state index is 12.9. The normalized spacial score (nSPS) is 10.2. The van der Waals surface area contributed by atoms with Gasteiger partial charge in [-0.05, 0) is 48.9 Å². The molecule has 0 saturated carbocycles. The van der Waals surface area contributed by atoms with E-state index in [-0.39, 0.29) is 30.6 Å². The number of methoxy groups -OCH3 is 1. The third-order valence-electron chi connectivity index (χ3n) is 3.70. The molecule has 0 aliphatic carbocycles. The summed E-state index contributed by atoms with van der Waals surface area (Å²) in [5, 5.41) is 2.68. The Morgan fingerprint density at radius 3 is 2.44 bits per heavy atom. The molecule has 0 unspecified atom stereocenters. The zero-order valence-electron chi connectivity index (χ0n) is 14.5. The van der Waals surface area contributed by atoms with Crippen molar-refractivity contribution in [2.24, 2.45) is 0 Å². The third-order valence-corrected chi connectivity index (χ3v) is 3.70. The van der Waals surface area contributed by atoms with Gasteiger partial charge in [0.05, 0.1) is 12.8 Å². The van der Waals surface area contributed by atoms with Crippen LogP contribution in [0.3, 0.4) is 0 Å². The van der Waals surface area contributed by atoms with E-state index in [2.05, 4.69) is 5.32 Å². The van der Waals surface area contributed by atoms with Crippen LogP contribution in [-0.4, -0.2) is 25.5 Å². The summed E-state index contributed by atoms with van der Waals surface area (Å²) in [5.74, 6) is -0.241. The number of hydrogen-bond donors (Lipinski definition) is 1. The van der Waals surface area contributed by atoms with Crippen molar-refractivity contribution in [2.45, 2.75) is 20.3 Å². The number of anilines is 2. The lowest BCUT2D eigenvalue weighted by molar-refractivity contribution is -0.117. The fourth-order valence-electron chi connectivity index (χ4n) is 2.43. The molecule has 0 radical (unpaired) electrons. The minimum absolute atomic E-state index is 0.105. The molecule has 2 aromatic carbocycles. The second-order valence-electron chi connectivity index (χ2n) is 5.65. The van der Waals surface area contributed by atoms with Crippen LogP contribution in [0.5, 0.6) is 5.75 Å². The summed E-state index contributed by atoms with van der Waals surface area (Å²) in [6.07, 6.45) is 0.105. The summed E-state index contributed by atoms with van der Waals surface area (Å²) in [6.45, 7) is 3.57. The molecular weight excluding hydrogens is 323 g/mol. The predicted octanol–water partition coefficient (Wildman–Crippen LogP) is 3.52. The van der Waals surface area contributed by atoms with Gasteiger partial charge in [-0.1, -0.05) is 6.07 Å². The topological polar surface area (TPSA) is 58.6 Å². The first-order valence-corrected chi connectivity index (χ1v) is 7.89. The number of carbonyl (C=O) groups excluding carboxylic acids is 2. The van der Waals surface area contributed by atoms with Crippen LogP contribution in [-0.2, 0) is 9.59 Å². The van der Waals surface area contributed by atoms with Crippen molar-refractivity contribution in [2.75, 3.05) is 23.9 Å². The van der Waals surface area contributed by atoms with Crippen LogP contribution >= 0.6 is 0 Å². The molecule has 6 heteroatoms. The number of amides is 2. The minimum Gasteiger partial charge on any atom is -0.495 e. The summed E-state index contributed by atoms with van der Waals surface area (Å²) in [7, 11) is 1.54. The highest BCUT2D eigenvalue weighted by atomic mass is 19.1. The Morgan fingerprint density at radius 2 is 1.84 bits per heavy atom. The number of ether oxygens (including phenoxy) is 1. The predicted molar refractivity (Wildman–Crippen MR) is 95.4 cm³/mol. The van der Waals surface area contributed by atoms with Gasteiger partial charge in [0.2, 0.25) is 11.8 Å². The number of rotatable bonds is 6. The largest absolute Gasteiger partial charge is 0.495 e. The molecule has 0 aliphatic heterocycles. The van der Waals surface area contributed by atoms with Gasteiger partial charge in [-0.2, -0.15) is 0 Å². The quantitative estimate of drug-likeness (QED) is 0.872. The fourth-order valence-corrected chi connectivity index (χ4v) is 2.43. The molecule has 0 aromatic heterocycles. The fraction of sp³-hybridized carbons (Fsp3) is 0.263. The number of carbonyl (C=O) groups is 2. The molecule has 0 heterocycles. The lowest BCUT2D eigenvalue weighted by Gasteiger charge is -2.23. The Kier molecular flexibility index (Phi) is 6.11. The van der Waals surface area contributed by atoms with Crippen molar-refractivity contribution in [3.63, 3.8) is 0 Å². The van der Waals surface area contributed by atoms with E-state index in [1.54, 1.807) is 6.07 Å². The number of nitrogens with one attached hydrogen (secondary N) is 1. The number of halogens is 1. The molecule has 5 nitrogen and oxygen atoms in total. The van der Waals surface area contributed by atoms with Crippen LogP contribution in [0.4, 0.5) is 15.8 Å². The lowest BCUT2D eigenvalue weighted by Crippen LogP contribution is -2.32. The second kappa shape index (κ2) is 8.28. The highest BCUT2D eigenvalue weighted by molar-refractivity contribution is 5.95. The lowest BCUT2D eigenvalue weighted by atomic mass is 10.1. The van der Waals surface area contributed by atoms with Gasteiger partial charge in [0.25, 0.3) is 0 Å². The smallest absolute Gasteiger partial charge is 0.226 e. The van der Waals surface area contributed by atoms with Crippen LogP contribution in [0.25, 0.3) is 0 Å². The van der Waals surface area contributed by atoms with E-state index in [4.69, 9.17) is 4.74 Å². The monoisotopic (exact) mass is 344 g/mol. The summed E-state index contributed by atoms with van der Waals surface area (Å²) in [4.78, 5) is 25.6. The second-order valence-corrected chi connectivity index (χ2v) is 5.65. The summed E-state index contributed by atoms with van der Waals surface area (Å²) < 4.78 is 18.2. The number of benzene rings is 2. The Balaban J connectivity index is 2.07. The van der Waals surface area contributed by atoms with Gasteiger partial charge >= 0.3 is 0 Å². The van der Waals surface area contributed by atoms with Crippen molar-refractivity contribution < 1.29 is 18.7 Å². The maximum Gasteiger partial charge on any atom is 0.226 e. The molecule has 2 aromatic rings. The summed E-state index contributed by atoms with van der Waals surface area (Å²) in [5.41, 5.74) is 2.12. The van der Waals surface area contributed by atoms with Gasteiger partial charge < -0.3 is 15.0 Å². The summed E-state index contributed by atoms with van der Waals surface area (Å²) >= 11 is 0. The molecule has 132 valence electrons. The molecule has 2 amide bonds. The molecule has 1 N–H and O–H groups in total. The first-order valence-electron chi connectivity index (χ1n) is 7.89. The van der Waals surface area contributed by atoms with Crippen molar-refractivity contribution in [1.29, 1.82) is 0 Å². The first kappa shape index (κ1) is 18.4. The van der Waals surface area contributed by atoms with Crippen LogP contribution in [0.2, 0.25) is 0 Å². The molecule has 0 bridgehead atoms. The molecule has 0 aliphatic rings. The number of hydrogen-bond acceptors (Lipinski definition) is 3. The Morgan fingerprint density at radius 1 is 1.16 bits per heavy atom. The SMILES string of the molecule is COc1ccc(C)cc1N(CCC(=O)Nc1ccc(F)cc1)C(C)=O. The first-order chi connectivity index (χ1) is 11.9. The summed E-state index contributed by atoms with van der Waals surface area (Å²) in [6, 6.07) is 11.0. The third kappa shape index (κ3) is 5.04. The Labute approximate surface area is 146 Å². The van der Waals surface area contributed by atoms with Crippen LogP contribution in [0.15, 0.2) is 42.5 Å². The minimum atomic E-state index is -0.368. The molecule has 25 heavy (non-hydrogen) atoms. The molecule has 0 spiro atoms. The van der Waals surface area contributed by atoms with Crippen molar-refractivity contribution in [1.82, 2.24) is 0 Å². The van der Waals surface area contributed by atoms with E-state index >= 15 is 0 Å². The van der Waals surface area contributed by atoms with E-state index in [1.807, 2.05) is 19.1 Å². The highest BCUT2D eigenvalue weighted by Gasteiger charge is 2.17. The van der Waals surface area contributed by atoms with E-state index < -0.39 is 0 Å². The zero-order valence-corrected chi connectivity index (χ0v) is 14.5. The van der Waals surface area contributed by atoms with Gasteiger partial charge in [-0.3, -0.25) is 9.59 Å². The average Bonchev–Trinajstić information content (AvgIpc) is 2.57. The van der Waals surface area contributed by atoms with E-state index in [0.717, 1.165) is 5.56 Å². The maximum absolute atomic E-state index is 12.9. The zero-order chi connectivity index (χ0) is 18.4. The van der Waals surface area contributed by atoms with Crippen molar-refractivity contribution >= 4 is 23.2 Å². The molecule has 0 saturated heterocycles. The average molecular weight is 344 g/mol. The molecule has 0 fully saturated rings. The standard InChI is InChI=1S/C19H21FN2O3/c1-13-4-9-18(25-3)17(12-13)22(14(2)23)11-10-19(24)21-16-7-5-15(20)6-8-16/h4-9,12H,10-11H2,1-3H3,(H,21,24). The van der Waals surface area contributed by atoms with Crippen LogP contribution in [0.1, 0.15) is 18.9 Å².